The molecule has 0 atom stereocenters. The highest BCUT2D eigenvalue weighted by Gasteiger charge is 2.34. The van der Waals surface area contributed by atoms with Gasteiger partial charge in [0.1, 0.15) is 5.82 Å². The van der Waals surface area contributed by atoms with Crippen LogP contribution in [0.15, 0.2) is 60.8 Å². The average molecular weight is 388 g/mol. The third-order valence-corrected chi connectivity index (χ3v) is 4.84. The summed E-state index contributed by atoms with van der Waals surface area (Å²) < 4.78 is 1.73. The molecule has 3 amide bonds. The zero-order valence-electron chi connectivity index (χ0n) is 16.1. The molecule has 1 aromatic heterocycles. The van der Waals surface area contributed by atoms with Gasteiger partial charge in [-0.05, 0) is 43.7 Å². The van der Waals surface area contributed by atoms with Gasteiger partial charge >= 0.3 is 0 Å². The van der Waals surface area contributed by atoms with Crippen molar-refractivity contribution in [3.63, 3.8) is 0 Å². The zero-order chi connectivity index (χ0) is 20.5. The standard InChI is InChI=1S/C22H20N4O3/c1-14(2)26-19(11-12-23-26)24-20(27)16-9-7-15(8-10-16)13-25-21(28)17-5-3-4-6-18(17)22(25)29/h3-12,14H,13H2,1-2H3,(H,24,27). The number of benzene rings is 2. The Morgan fingerprint density at radius 1 is 0.966 bits per heavy atom. The quantitative estimate of drug-likeness (QED) is 0.678. The predicted molar refractivity (Wildman–Crippen MR) is 108 cm³/mol. The van der Waals surface area contributed by atoms with E-state index in [0.29, 0.717) is 22.5 Å². The van der Waals surface area contributed by atoms with Crippen molar-refractivity contribution in [2.45, 2.75) is 26.4 Å². The lowest BCUT2D eigenvalue weighted by Gasteiger charge is -2.14. The summed E-state index contributed by atoms with van der Waals surface area (Å²) in [4.78, 5) is 38.7. The van der Waals surface area contributed by atoms with Gasteiger partial charge in [0.05, 0.1) is 23.9 Å². The van der Waals surface area contributed by atoms with Crippen molar-refractivity contribution in [3.8, 4) is 0 Å². The van der Waals surface area contributed by atoms with E-state index in [4.69, 9.17) is 0 Å². The van der Waals surface area contributed by atoms with Gasteiger partial charge in [-0.15, -0.1) is 0 Å². The average Bonchev–Trinajstić information content (AvgIpc) is 3.28. The van der Waals surface area contributed by atoms with E-state index >= 15 is 0 Å². The number of amides is 3. The van der Waals surface area contributed by atoms with Crippen LogP contribution in [0.2, 0.25) is 0 Å². The number of anilines is 1. The fourth-order valence-corrected chi connectivity index (χ4v) is 3.34. The Kier molecular flexibility index (Phi) is 4.72. The number of rotatable bonds is 5. The highest BCUT2D eigenvalue weighted by molar-refractivity contribution is 6.21. The Morgan fingerprint density at radius 2 is 1.59 bits per heavy atom. The van der Waals surface area contributed by atoms with Gasteiger partial charge in [-0.2, -0.15) is 5.10 Å². The maximum absolute atomic E-state index is 12.5. The minimum absolute atomic E-state index is 0.127. The van der Waals surface area contributed by atoms with Crippen LogP contribution in [0.4, 0.5) is 5.82 Å². The van der Waals surface area contributed by atoms with Gasteiger partial charge in [-0.25, -0.2) is 4.68 Å². The molecule has 1 aliphatic rings. The van der Waals surface area contributed by atoms with E-state index in [9.17, 15) is 14.4 Å². The molecule has 0 aliphatic carbocycles. The van der Waals surface area contributed by atoms with E-state index in [1.165, 1.54) is 4.90 Å². The van der Waals surface area contributed by atoms with Crippen LogP contribution in [0.1, 0.15) is 56.5 Å². The molecule has 29 heavy (non-hydrogen) atoms. The number of imide groups is 1. The Bertz CT molecular complexity index is 1060. The van der Waals surface area contributed by atoms with Crippen molar-refractivity contribution in [2.24, 2.45) is 0 Å². The summed E-state index contributed by atoms with van der Waals surface area (Å²) in [5.41, 5.74) is 2.10. The molecule has 0 radical (unpaired) electrons. The number of aromatic nitrogens is 2. The monoisotopic (exact) mass is 388 g/mol. The molecule has 1 aliphatic heterocycles. The fourth-order valence-electron chi connectivity index (χ4n) is 3.34. The van der Waals surface area contributed by atoms with Crippen molar-refractivity contribution in [1.29, 1.82) is 0 Å². The molecule has 0 fully saturated rings. The maximum atomic E-state index is 12.5. The molecule has 7 nitrogen and oxygen atoms in total. The SMILES string of the molecule is CC(C)n1nccc1NC(=O)c1ccc(CN2C(=O)c3ccccc3C2=O)cc1. The maximum Gasteiger partial charge on any atom is 0.261 e. The number of hydrogen-bond donors (Lipinski definition) is 1. The van der Waals surface area contributed by atoms with Gasteiger partial charge in [0.25, 0.3) is 17.7 Å². The van der Waals surface area contributed by atoms with Crippen LogP contribution >= 0.6 is 0 Å². The first kappa shape index (κ1) is 18.6. The number of fused-ring (bicyclic) bond motifs is 1. The summed E-state index contributed by atoms with van der Waals surface area (Å²) >= 11 is 0. The molecule has 2 heterocycles. The molecule has 0 spiro atoms. The summed E-state index contributed by atoms with van der Waals surface area (Å²) in [6, 6.07) is 15.5. The summed E-state index contributed by atoms with van der Waals surface area (Å²) in [5.74, 6) is -0.219. The number of nitrogens with one attached hydrogen (secondary N) is 1. The molecular formula is C22H20N4O3. The van der Waals surface area contributed by atoms with Gasteiger partial charge in [0.2, 0.25) is 0 Å². The van der Waals surface area contributed by atoms with E-state index in [0.717, 1.165) is 5.56 Å². The zero-order valence-corrected chi connectivity index (χ0v) is 16.1. The highest BCUT2D eigenvalue weighted by atomic mass is 16.2. The summed E-state index contributed by atoms with van der Waals surface area (Å²) in [6.45, 7) is 4.13. The molecule has 0 saturated carbocycles. The van der Waals surface area contributed by atoms with Crippen LogP contribution < -0.4 is 5.32 Å². The van der Waals surface area contributed by atoms with Crippen LogP contribution in [0.5, 0.6) is 0 Å². The largest absolute Gasteiger partial charge is 0.307 e. The molecule has 146 valence electrons. The Labute approximate surface area is 167 Å². The Morgan fingerprint density at radius 3 is 2.17 bits per heavy atom. The third kappa shape index (κ3) is 3.42. The van der Waals surface area contributed by atoms with Crippen molar-refractivity contribution in [3.05, 3.63) is 83.0 Å². The molecule has 1 N–H and O–H groups in total. The van der Waals surface area contributed by atoms with E-state index in [-0.39, 0.29) is 30.3 Å². The second kappa shape index (κ2) is 7.35. The molecule has 0 saturated heterocycles. The summed E-state index contributed by atoms with van der Waals surface area (Å²) in [5, 5.41) is 7.05. The second-order valence-electron chi connectivity index (χ2n) is 7.15. The van der Waals surface area contributed by atoms with Crippen LogP contribution in [0.25, 0.3) is 0 Å². The molecule has 4 rings (SSSR count). The third-order valence-electron chi connectivity index (χ3n) is 4.84. The van der Waals surface area contributed by atoms with Crippen LogP contribution in [-0.4, -0.2) is 32.4 Å². The van der Waals surface area contributed by atoms with Gasteiger partial charge < -0.3 is 5.32 Å². The lowest BCUT2D eigenvalue weighted by molar-refractivity contribution is 0.0642. The molecule has 3 aromatic rings. The number of carbonyl (C=O) groups excluding carboxylic acids is 3. The predicted octanol–water partition coefficient (Wildman–Crippen LogP) is 3.51. The lowest BCUT2D eigenvalue weighted by Crippen LogP contribution is -2.29. The molecule has 0 bridgehead atoms. The van der Waals surface area contributed by atoms with E-state index in [1.54, 1.807) is 65.5 Å². The second-order valence-corrected chi connectivity index (χ2v) is 7.15. The van der Waals surface area contributed by atoms with Gasteiger partial charge in [-0.1, -0.05) is 24.3 Å². The Balaban J connectivity index is 1.46. The minimum Gasteiger partial charge on any atom is -0.307 e. The normalized spacial score (nSPS) is 13.1. The molecule has 2 aromatic carbocycles. The molecular weight excluding hydrogens is 368 g/mol. The summed E-state index contributed by atoms with van der Waals surface area (Å²) in [6.07, 6.45) is 1.64. The van der Waals surface area contributed by atoms with Crippen molar-refractivity contribution in [2.75, 3.05) is 5.32 Å². The van der Waals surface area contributed by atoms with Crippen LogP contribution in [-0.2, 0) is 6.54 Å². The van der Waals surface area contributed by atoms with Gasteiger partial charge in [0, 0.05) is 17.7 Å². The smallest absolute Gasteiger partial charge is 0.261 e. The van der Waals surface area contributed by atoms with Gasteiger partial charge in [0.15, 0.2) is 0 Å². The van der Waals surface area contributed by atoms with E-state index in [1.807, 2.05) is 13.8 Å². The van der Waals surface area contributed by atoms with Crippen molar-refractivity contribution in [1.82, 2.24) is 14.7 Å². The van der Waals surface area contributed by atoms with Crippen molar-refractivity contribution < 1.29 is 14.4 Å². The first-order chi connectivity index (χ1) is 14.0. The first-order valence-electron chi connectivity index (χ1n) is 9.34. The number of carbonyl (C=O) groups is 3. The van der Waals surface area contributed by atoms with E-state index < -0.39 is 0 Å². The molecule has 0 unspecified atom stereocenters. The first-order valence-corrected chi connectivity index (χ1v) is 9.34. The Hall–Kier alpha value is -3.74. The fraction of sp³-hybridized carbons (Fsp3) is 0.182. The van der Waals surface area contributed by atoms with Gasteiger partial charge in [-0.3, -0.25) is 19.3 Å². The number of nitrogens with zero attached hydrogens (tertiary/aromatic N) is 3. The number of hydrogen-bond acceptors (Lipinski definition) is 4. The molecule has 7 heteroatoms. The van der Waals surface area contributed by atoms with Crippen molar-refractivity contribution >= 4 is 23.5 Å². The minimum atomic E-state index is -0.297. The topological polar surface area (TPSA) is 84.3 Å². The summed E-state index contributed by atoms with van der Waals surface area (Å²) in [7, 11) is 0. The lowest BCUT2D eigenvalue weighted by atomic mass is 10.1. The highest BCUT2D eigenvalue weighted by Crippen LogP contribution is 2.24. The van der Waals surface area contributed by atoms with Crippen LogP contribution in [0, 0.1) is 0 Å². The van der Waals surface area contributed by atoms with Crippen LogP contribution in [0.3, 0.4) is 0 Å². The van der Waals surface area contributed by atoms with E-state index in [2.05, 4.69) is 10.4 Å².